The van der Waals surface area contributed by atoms with Gasteiger partial charge in [0.25, 0.3) is 0 Å². The monoisotopic (exact) mass is 398 g/mol. The van der Waals surface area contributed by atoms with Crippen LogP contribution in [0.2, 0.25) is 0 Å². The highest BCUT2D eigenvalue weighted by atomic mass is 16.6. The zero-order valence-corrected chi connectivity index (χ0v) is 16.5. The Morgan fingerprint density at radius 1 is 1.11 bits per heavy atom. The minimum atomic E-state index is -2.07. The maximum Gasteiger partial charge on any atom is 0.338 e. The summed E-state index contributed by atoms with van der Waals surface area (Å²) in [5.74, 6) is -3.27. The van der Waals surface area contributed by atoms with Crippen molar-refractivity contribution in [2.45, 2.75) is 76.3 Å². The van der Waals surface area contributed by atoms with E-state index in [9.17, 15) is 35.4 Å². The molecule has 8 heteroatoms. The lowest BCUT2D eigenvalue weighted by molar-refractivity contribution is -0.361. The molecule has 6 N–H and O–H groups in total. The Kier molecular flexibility index (Phi) is 4.17. The lowest BCUT2D eigenvalue weighted by atomic mass is 9.36. The van der Waals surface area contributed by atoms with Gasteiger partial charge in [-0.05, 0) is 19.3 Å². The van der Waals surface area contributed by atoms with Gasteiger partial charge < -0.3 is 35.4 Å². The van der Waals surface area contributed by atoms with Crippen molar-refractivity contribution >= 4 is 5.97 Å². The standard InChI is InChI=1S/C20H30O8/c1-7-5-10(21)15(24)18(3)9(7)6-11-19(4)14(18)13(23)12(22)8(2)20(19,27)16(25)17(26)28-11/h5,8-16,21-25,27H,6H2,1-4H3/t8-,9-,10-,11+,12+,13-,14+,15-,16-,18-,19+,20-/m0/s1. The number of esters is 1. The molecule has 4 rings (SSSR count). The average molecular weight is 398 g/mol. The molecule has 4 aliphatic rings. The summed E-state index contributed by atoms with van der Waals surface area (Å²) in [6.07, 6.45) is -6.12. The third-order valence-corrected chi connectivity index (χ3v) is 8.79. The molecular weight excluding hydrogens is 368 g/mol. The second kappa shape index (κ2) is 5.77. The Morgan fingerprint density at radius 3 is 2.32 bits per heavy atom. The van der Waals surface area contributed by atoms with E-state index in [1.807, 2.05) is 0 Å². The van der Waals surface area contributed by atoms with Gasteiger partial charge in [0, 0.05) is 22.7 Å². The van der Waals surface area contributed by atoms with Gasteiger partial charge in [-0.1, -0.05) is 32.4 Å². The van der Waals surface area contributed by atoms with Crippen LogP contribution in [0.15, 0.2) is 11.6 Å². The van der Waals surface area contributed by atoms with Crippen molar-refractivity contribution in [3.05, 3.63) is 11.6 Å². The normalized spacial score (nSPS) is 61.0. The number of aliphatic hydroxyl groups is 6. The number of ether oxygens (including phenoxy) is 1. The van der Waals surface area contributed by atoms with Gasteiger partial charge >= 0.3 is 5.97 Å². The van der Waals surface area contributed by atoms with E-state index in [1.165, 1.54) is 6.92 Å². The van der Waals surface area contributed by atoms with E-state index in [-0.39, 0.29) is 12.3 Å². The fourth-order valence-electron chi connectivity index (χ4n) is 7.26. The predicted octanol–water partition coefficient (Wildman–Crippen LogP) is -1.29. The molecule has 12 atom stereocenters. The minimum absolute atomic E-state index is 0.270. The van der Waals surface area contributed by atoms with Gasteiger partial charge in [-0.2, -0.15) is 0 Å². The summed E-state index contributed by atoms with van der Waals surface area (Å²) in [6.45, 7) is 6.65. The van der Waals surface area contributed by atoms with Crippen LogP contribution in [0.3, 0.4) is 0 Å². The highest BCUT2D eigenvalue weighted by Gasteiger charge is 2.79. The molecule has 0 unspecified atom stereocenters. The molecule has 3 fully saturated rings. The molecule has 8 nitrogen and oxygen atoms in total. The molecule has 1 heterocycles. The van der Waals surface area contributed by atoms with E-state index < -0.39 is 70.9 Å². The van der Waals surface area contributed by atoms with E-state index in [0.717, 1.165) is 5.57 Å². The molecule has 2 saturated carbocycles. The van der Waals surface area contributed by atoms with E-state index in [1.54, 1.807) is 26.8 Å². The van der Waals surface area contributed by atoms with Crippen LogP contribution in [-0.4, -0.2) is 78.8 Å². The Labute approximate surface area is 163 Å². The second-order valence-electron chi connectivity index (χ2n) is 9.68. The summed E-state index contributed by atoms with van der Waals surface area (Å²) in [7, 11) is 0. The highest BCUT2D eigenvalue weighted by Crippen LogP contribution is 2.69. The lowest BCUT2D eigenvalue weighted by Gasteiger charge is -2.72. The van der Waals surface area contributed by atoms with Gasteiger partial charge in [-0.15, -0.1) is 0 Å². The molecule has 0 radical (unpaired) electrons. The zero-order valence-electron chi connectivity index (χ0n) is 16.5. The Hall–Kier alpha value is -1.03. The SMILES string of the molecule is CC1=C[C@H](O)[C@H](O)[C@]2(C)[C@H]3[C@@H](O)[C@H](O)[C@H](C)[C@]4(O)[C@@H](O)C(=O)O[C@H](C[C@@H]12)[C@]34C. The van der Waals surface area contributed by atoms with Gasteiger partial charge in [-0.25, -0.2) is 4.79 Å². The van der Waals surface area contributed by atoms with Gasteiger partial charge in [0.2, 0.25) is 0 Å². The molecule has 0 aromatic carbocycles. The van der Waals surface area contributed by atoms with Crippen LogP contribution in [0.25, 0.3) is 0 Å². The number of hydrogen-bond donors (Lipinski definition) is 6. The lowest BCUT2D eigenvalue weighted by Crippen LogP contribution is -2.83. The summed E-state index contributed by atoms with van der Waals surface area (Å²) in [5, 5.41) is 65.7. The molecular formula is C20H30O8. The molecule has 0 spiro atoms. The largest absolute Gasteiger partial charge is 0.460 e. The summed E-state index contributed by atoms with van der Waals surface area (Å²) in [6, 6.07) is 0. The fraction of sp³-hybridized carbons (Fsp3) is 0.850. The van der Waals surface area contributed by atoms with E-state index in [4.69, 9.17) is 4.74 Å². The molecule has 3 aliphatic carbocycles. The molecule has 0 aromatic rings. The topological polar surface area (TPSA) is 148 Å². The van der Waals surface area contributed by atoms with Crippen LogP contribution in [-0.2, 0) is 9.53 Å². The van der Waals surface area contributed by atoms with Crippen molar-refractivity contribution in [3.8, 4) is 0 Å². The van der Waals surface area contributed by atoms with Crippen molar-refractivity contribution in [1.29, 1.82) is 0 Å². The first-order chi connectivity index (χ1) is 12.8. The molecule has 1 saturated heterocycles. The van der Waals surface area contributed by atoms with E-state index in [0.29, 0.717) is 0 Å². The molecule has 158 valence electrons. The van der Waals surface area contributed by atoms with Crippen molar-refractivity contribution in [1.82, 2.24) is 0 Å². The quantitative estimate of drug-likeness (QED) is 0.218. The first-order valence-electron chi connectivity index (χ1n) is 9.86. The smallest absolute Gasteiger partial charge is 0.338 e. The van der Waals surface area contributed by atoms with Crippen molar-refractivity contribution in [3.63, 3.8) is 0 Å². The van der Waals surface area contributed by atoms with Crippen LogP contribution in [0.5, 0.6) is 0 Å². The maximum atomic E-state index is 12.4. The maximum absolute atomic E-state index is 12.4. The molecule has 1 aliphatic heterocycles. The molecule has 0 amide bonds. The first-order valence-corrected chi connectivity index (χ1v) is 9.86. The summed E-state index contributed by atoms with van der Waals surface area (Å²) >= 11 is 0. The number of carbonyl (C=O) groups is 1. The third-order valence-electron chi connectivity index (χ3n) is 8.79. The van der Waals surface area contributed by atoms with Crippen molar-refractivity contribution in [2.75, 3.05) is 0 Å². The predicted molar refractivity (Wildman–Crippen MR) is 95.6 cm³/mol. The van der Waals surface area contributed by atoms with Crippen molar-refractivity contribution in [2.24, 2.45) is 28.6 Å². The van der Waals surface area contributed by atoms with Crippen LogP contribution < -0.4 is 0 Å². The number of carbonyl (C=O) groups excluding carboxylic acids is 1. The van der Waals surface area contributed by atoms with Gasteiger partial charge in [0.05, 0.1) is 24.4 Å². The van der Waals surface area contributed by atoms with Crippen molar-refractivity contribution < 1.29 is 40.2 Å². The fourth-order valence-corrected chi connectivity index (χ4v) is 7.26. The second-order valence-corrected chi connectivity index (χ2v) is 9.68. The Morgan fingerprint density at radius 2 is 1.71 bits per heavy atom. The first kappa shape index (κ1) is 20.3. The van der Waals surface area contributed by atoms with Crippen LogP contribution >= 0.6 is 0 Å². The summed E-state index contributed by atoms with van der Waals surface area (Å²) < 4.78 is 5.53. The number of allylic oxidation sites excluding steroid dienone is 1. The Balaban J connectivity index is 2.00. The van der Waals surface area contributed by atoms with Gasteiger partial charge in [0.15, 0.2) is 6.10 Å². The van der Waals surface area contributed by atoms with E-state index in [2.05, 4.69) is 0 Å². The third kappa shape index (κ3) is 1.94. The van der Waals surface area contributed by atoms with E-state index >= 15 is 0 Å². The molecule has 0 aromatic heterocycles. The van der Waals surface area contributed by atoms with Gasteiger partial charge in [-0.3, -0.25) is 0 Å². The molecule has 0 bridgehead atoms. The minimum Gasteiger partial charge on any atom is -0.460 e. The number of rotatable bonds is 0. The van der Waals surface area contributed by atoms with Gasteiger partial charge in [0.1, 0.15) is 11.7 Å². The Bertz CT molecular complexity index is 738. The highest BCUT2D eigenvalue weighted by molar-refractivity contribution is 5.78. The number of aliphatic hydroxyl groups excluding tert-OH is 5. The molecule has 28 heavy (non-hydrogen) atoms. The summed E-state index contributed by atoms with van der Waals surface area (Å²) in [4.78, 5) is 12.4. The zero-order chi connectivity index (χ0) is 21.0. The number of hydrogen-bond acceptors (Lipinski definition) is 8. The summed E-state index contributed by atoms with van der Waals surface area (Å²) in [5.41, 5.74) is -3.75. The number of fused-ring (bicyclic) bond motifs is 2. The average Bonchev–Trinajstić information content (AvgIpc) is 2.63. The van der Waals surface area contributed by atoms with Crippen LogP contribution in [0, 0.1) is 28.6 Å². The van der Waals surface area contributed by atoms with Crippen LogP contribution in [0.1, 0.15) is 34.1 Å². The van der Waals surface area contributed by atoms with Crippen LogP contribution in [0.4, 0.5) is 0 Å².